The predicted octanol–water partition coefficient (Wildman–Crippen LogP) is 4.05. The molecule has 0 spiro atoms. The molecule has 1 N–H and O–H groups in total. The average molecular weight is 411 g/mol. The highest BCUT2D eigenvalue weighted by Crippen LogP contribution is 2.34. The number of esters is 1. The lowest BCUT2D eigenvalue weighted by atomic mass is 10.1. The zero-order valence-electron chi connectivity index (χ0n) is 16.8. The van der Waals surface area contributed by atoms with Crippen LogP contribution in [0.15, 0.2) is 40.8 Å². The molecule has 1 atom stereocenters. The molecule has 1 aliphatic heterocycles. The maximum absolute atomic E-state index is 12.6. The third-order valence-corrected chi connectivity index (χ3v) is 4.70. The second-order valence-corrected chi connectivity index (χ2v) is 6.75. The molecule has 8 heteroatoms. The van der Waals surface area contributed by atoms with Gasteiger partial charge in [0.05, 0.1) is 6.61 Å². The molecule has 0 fully saturated rings. The number of carbonyl (C=O) groups excluding carboxylic acids is 2. The van der Waals surface area contributed by atoms with Gasteiger partial charge in [0.1, 0.15) is 11.3 Å². The highest BCUT2D eigenvalue weighted by molar-refractivity contribution is 5.99. The van der Waals surface area contributed by atoms with Crippen LogP contribution in [0.25, 0.3) is 11.0 Å². The van der Waals surface area contributed by atoms with Crippen molar-refractivity contribution in [1.82, 2.24) is 0 Å². The van der Waals surface area contributed by atoms with E-state index < -0.39 is 18.0 Å². The van der Waals surface area contributed by atoms with Crippen molar-refractivity contribution in [2.45, 2.75) is 26.9 Å². The molecule has 156 valence electrons. The molecule has 0 aliphatic carbocycles. The van der Waals surface area contributed by atoms with Crippen LogP contribution in [0, 0.1) is 6.92 Å². The molecule has 0 saturated carbocycles. The predicted molar refractivity (Wildman–Crippen MR) is 108 cm³/mol. The van der Waals surface area contributed by atoms with Crippen LogP contribution in [-0.2, 0) is 9.53 Å². The Balaban J connectivity index is 1.45. The number of ether oxygens (including phenoxy) is 4. The second-order valence-electron chi connectivity index (χ2n) is 6.75. The van der Waals surface area contributed by atoms with Crippen molar-refractivity contribution in [3.8, 4) is 17.2 Å². The molecule has 3 aromatic rings. The maximum atomic E-state index is 12.6. The van der Waals surface area contributed by atoms with E-state index in [1.165, 1.54) is 6.92 Å². The minimum atomic E-state index is -1.03. The van der Waals surface area contributed by atoms with Crippen LogP contribution in [-0.4, -0.2) is 31.4 Å². The third-order valence-electron chi connectivity index (χ3n) is 4.70. The van der Waals surface area contributed by atoms with Gasteiger partial charge >= 0.3 is 5.97 Å². The molecule has 2 aromatic carbocycles. The Hall–Kier alpha value is -3.68. The number of benzene rings is 2. The van der Waals surface area contributed by atoms with E-state index in [9.17, 15) is 9.59 Å². The molecule has 2 heterocycles. The van der Waals surface area contributed by atoms with E-state index in [1.54, 1.807) is 37.3 Å². The topological polar surface area (TPSA) is 96.2 Å². The number of hydrogen-bond donors (Lipinski definition) is 1. The summed E-state index contributed by atoms with van der Waals surface area (Å²) in [6.07, 6.45) is -1.03. The summed E-state index contributed by atoms with van der Waals surface area (Å²) in [4.78, 5) is 25.0. The lowest BCUT2D eigenvalue weighted by molar-refractivity contribution is -0.123. The molecular formula is C22H21NO7. The fourth-order valence-electron chi connectivity index (χ4n) is 3.14. The van der Waals surface area contributed by atoms with E-state index in [0.717, 1.165) is 5.39 Å². The Morgan fingerprint density at radius 2 is 1.93 bits per heavy atom. The van der Waals surface area contributed by atoms with Crippen LogP contribution in [0.2, 0.25) is 0 Å². The molecule has 0 bridgehead atoms. The van der Waals surface area contributed by atoms with Gasteiger partial charge in [-0.1, -0.05) is 0 Å². The SMILES string of the molecule is CCOc1ccc2oc(C(=O)O[C@H](C)C(=O)Nc3ccc4c(c3)OCO4)c(C)c2c1. The van der Waals surface area contributed by atoms with E-state index in [0.29, 0.717) is 40.7 Å². The van der Waals surface area contributed by atoms with Gasteiger partial charge in [0, 0.05) is 22.7 Å². The van der Waals surface area contributed by atoms with E-state index in [2.05, 4.69) is 5.32 Å². The molecule has 1 amide bonds. The number of hydrogen-bond acceptors (Lipinski definition) is 7. The fourth-order valence-corrected chi connectivity index (χ4v) is 3.14. The highest BCUT2D eigenvalue weighted by Gasteiger charge is 2.25. The zero-order valence-corrected chi connectivity index (χ0v) is 16.8. The molecular weight excluding hydrogens is 390 g/mol. The Kier molecular flexibility index (Phi) is 5.22. The quantitative estimate of drug-likeness (QED) is 0.611. The number of anilines is 1. The van der Waals surface area contributed by atoms with Crippen molar-refractivity contribution >= 4 is 28.5 Å². The summed E-state index contributed by atoms with van der Waals surface area (Å²) in [5.41, 5.74) is 1.68. The first-order chi connectivity index (χ1) is 14.5. The van der Waals surface area contributed by atoms with E-state index >= 15 is 0 Å². The number of fused-ring (bicyclic) bond motifs is 2. The Labute approximate surface area is 172 Å². The minimum absolute atomic E-state index is 0.0568. The number of amides is 1. The van der Waals surface area contributed by atoms with Crippen molar-refractivity contribution in [3.05, 3.63) is 47.7 Å². The van der Waals surface area contributed by atoms with Crippen LogP contribution in [0.4, 0.5) is 5.69 Å². The average Bonchev–Trinajstić information content (AvgIpc) is 3.32. The van der Waals surface area contributed by atoms with Crippen LogP contribution in [0.5, 0.6) is 17.2 Å². The van der Waals surface area contributed by atoms with Crippen LogP contribution < -0.4 is 19.5 Å². The number of furan rings is 1. The van der Waals surface area contributed by atoms with Crippen molar-refractivity contribution in [2.24, 2.45) is 0 Å². The molecule has 1 aliphatic rings. The zero-order chi connectivity index (χ0) is 21.3. The number of nitrogens with one attached hydrogen (secondary N) is 1. The van der Waals surface area contributed by atoms with Gasteiger partial charge in [-0.25, -0.2) is 4.79 Å². The first-order valence-electron chi connectivity index (χ1n) is 9.53. The Morgan fingerprint density at radius 3 is 2.73 bits per heavy atom. The van der Waals surface area contributed by atoms with E-state index in [1.807, 2.05) is 13.0 Å². The van der Waals surface area contributed by atoms with Gasteiger partial charge in [0.2, 0.25) is 12.6 Å². The summed E-state index contributed by atoms with van der Waals surface area (Å²) in [7, 11) is 0. The lowest BCUT2D eigenvalue weighted by Crippen LogP contribution is -2.30. The standard InChI is InChI=1S/C22H21NO7/c1-4-26-15-6-8-17-16(10-15)12(2)20(30-17)22(25)29-13(3)21(24)23-14-5-7-18-19(9-14)28-11-27-18/h5-10,13H,4,11H2,1-3H3,(H,23,24)/t13-/m1/s1. The van der Waals surface area contributed by atoms with Gasteiger partial charge in [0.25, 0.3) is 5.91 Å². The second kappa shape index (κ2) is 7.98. The molecule has 4 rings (SSSR count). The van der Waals surface area contributed by atoms with Crippen molar-refractivity contribution in [2.75, 3.05) is 18.7 Å². The molecule has 1 aromatic heterocycles. The summed E-state index contributed by atoms with van der Waals surface area (Å²) in [5.74, 6) is 0.707. The monoisotopic (exact) mass is 411 g/mol. The largest absolute Gasteiger partial charge is 0.494 e. The van der Waals surface area contributed by atoms with Crippen LogP contribution in [0.3, 0.4) is 0 Å². The summed E-state index contributed by atoms with van der Waals surface area (Å²) in [6, 6.07) is 10.3. The van der Waals surface area contributed by atoms with Gasteiger partial charge in [0.15, 0.2) is 17.6 Å². The maximum Gasteiger partial charge on any atom is 0.375 e. The normalized spacial score (nSPS) is 13.2. The molecule has 30 heavy (non-hydrogen) atoms. The summed E-state index contributed by atoms with van der Waals surface area (Å²) >= 11 is 0. The molecule has 0 unspecified atom stereocenters. The fraction of sp³-hybridized carbons (Fsp3) is 0.273. The van der Waals surface area contributed by atoms with E-state index in [4.69, 9.17) is 23.4 Å². The number of aryl methyl sites for hydroxylation is 1. The van der Waals surface area contributed by atoms with Crippen molar-refractivity contribution < 1.29 is 33.0 Å². The molecule has 8 nitrogen and oxygen atoms in total. The van der Waals surface area contributed by atoms with Gasteiger partial charge in [-0.3, -0.25) is 4.79 Å². The smallest absolute Gasteiger partial charge is 0.375 e. The van der Waals surface area contributed by atoms with Crippen molar-refractivity contribution in [3.63, 3.8) is 0 Å². The summed E-state index contributed by atoms with van der Waals surface area (Å²) < 4.78 is 27.0. The first-order valence-corrected chi connectivity index (χ1v) is 9.53. The van der Waals surface area contributed by atoms with Gasteiger partial charge in [-0.2, -0.15) is 0 Å². The van der Waals surface area contributed by atoms with Gasteiger partial charge in [-0.05, 0) is 51.1 Å². The van der Waals surface area contributed by atoms with Crippen LogP contribution >= 0.6 is 0 Å². The molecule has 0 saturated heterocycles. The van der Waals surface area contributed by atoms with Gasteiger partial charge in [-0.15, -0.1) is 0 Å². The van der Waals surface area contributed by atoms with Gasteiger partial charge < -0.3 is 28.7 Å². The number of rotatable bonds is 6. The highest BCUT2D eigenvalue weighted by atomic mass is 16.7. The Bertz CT molecular complexity index is 1120. The summed E-state index contributed by atoms with van der Waals surface area (Å²) in [6.45, 7) is 5.82. The lowest BCUT2D eigenvalue weighted by Gasteiger charge is -2.13. The minimum Gasteiger partial charge on any atom is -0.494 e. The first kappa shape index (κ1) is 19.6. The van der Waals surface area contributed by atoms with E-state index in [-0.39, 0.29) is 12.6 Å². The Morgan fingerprint density at radius 1 is 1.13 bits per heavy atom. The number of carbonyl (C=O) groups is 2. The third kappa shape index (κ3) is 3.76. The summed E-state index contributed by atoms with van der Waals surface area (Å²) in [5, 5.41) is 3.45. The van der Waals surface area contributed by atoms with Crippen LogP contribution in [0.1, 0.15) is 30.0 Å². The molecule has 0 radical (unpaired) electrons. The van der Waals surface area contributed by atoms with Crippen molar-refractivity contribution in [1.29, 1.82) is 0 Å².